The normalized spacial score (nSPS) is 11.2. The molecule has 2 aromatic rings. The number of H-pyrrole nitrogens is 1. The number of aromatic nitrogens is 3. The van der Waals surface area contributed by atoms with Crippen LogP contribution < -0.4 is 4.74 Å². The van der Waals surface area contributed by atoms with E-state index in [1.54, 1.807) is 10.9 Å². The van der Waals surface area contributed by atoms with E-state index in [0.29, 0.717) is 4.77 Å². The van der Waals surface area contributed by atoms with E-state index in [4.69, 9.17) is 17.0 Å². The largest absolute Gasteiger partial charge is 0.493 e. The molecule has 1 aromatic carbocycles. The van der Waals surface area contributed by atoms with Crippen LogP contribution in [-0.2, 0) is 6.42 Å². The summed E-state index contributed by atoms with van der Waals surface area (Å²) < 4.78 is 8.09. The first-order valence-corrected chi connectivity index (χ1v) is 9.09. The Morgan fingerprint density at radius 2 is 2.00 bits per heavy atom. The van der Waals surface area contributed by atoms with E-state index < -0.39 is 0 Å². The molecule has 1 heterocycles. The van der Waals surface area contributed by atoms with Crippen LogP contribution in [0, 0.1) is 4.77 Å². The number of nitrogens with one attached hydrogen (secondary N) is 1. The molecule has 0 fully saturated rings. The van der Waals surface area contributed by atoms with Gasteiger partial charge in [0.15, 0.2) is 5.82 Å². The molecule has 0 aliphatic heterocycles. The van der Waals surface area contributed by atoms with Gasteiger partial charge in [0.1, 0.15) is 5.75 Å². The molecule has 1 N–H and O–H groups in total. The zero-order valence-corrected chi connectivity index (χ0v) is 15.3. The smallest absolute Gasteiger partial charge is 0.216 e. The van der Waals surface area contributed by atoms with Gasteiger partial charge < -0.3 is 4.74 Å². The van der Waals surface area contributed by atoms with Gasteiger partial charge in [-0.3, -0.25) is 5.10 Å². The Balaban J connectivity index is 2.12. The second-order valence-corrected chi connectivity index (χ2v) is 6.09. The molecular weight excluding hydrogens is 320 g/mol. The molecule has 0 bridgehead atoms. The summed E-state index contributed by atoms with van der Waals surface area (Å²) in [5.74, 6) is 1.71. The number of hydrogen-bond acceptors (Lipinski definition) is 4. The Bertz CT molecular complexity index is 705. The van der Waals surface area contributed by atoms with Crippen molar-refractivity contribution in [2.45, 2.75) is 52.4 Å². The first-order chi connectivity index (χ1) is 11.8. The highest BCUT2D eigenvalue weighted by Gasteiger charge is 2.05. The van der Waals surface area contributed by atoms with Crippen LogP contribution in [0.15, 0.2) is 29.4 Å². The quantitative estimate of drug-likeness (QED) is 0.384. The van der Waals surface area contributed by atoms with Crippen molar-refractivity contribution in [2.24, 2.45) is 5.10 Å². The highest BCUT2D eigenvalue weighted by atomic mass is 32.1. The van der Waals surface area contributed by atoms with Crippen molar-refractivity contribution in [1.29, 1.82) is 0 Å². The molecule has 0 atom stereocenters. The lowest BCUT2D eigenvalue weighted by Crippen LogP contribution is -2.02. The fourth-order valence-electron chi connectivity index (χ4n) is 2.31. The zero-order chi connectivity index (χ0) is 17.2. The zero-order valence-electron chi connectivity index (χ0n) is 14.5. The number of aromatic amines is 1. The standard InChI is InChI=1S/C18H26N4OS/c1-3-5-9-13-23-16-11-8-7-10-15(16)14-19-22-17(12-6-4-2)20-21-18(22)24/h7-8,10-11,14H,3-6,9,12-13H2,1-2H3,(H,21,24)/b19-14+. The van der Waals surface area contributed by atoms with Gasteiger partial charge in [0.25, 0.3) is 0 Å². The van der Waals surface area contributed by atoms with E-state index in [1.807, 2.05) is 24.3 Å². The van der Waals surface area contributed by atoms with Gasteiger partial charge in [-0.05, 0) is 37.2 Å². The van der Waals surface area contributed by atoms with Gasteiger partial charge in [-0.25, -0.2) is 0 Å². The Morgan fingerprint density at radius 1 is 1.21 bits per heavy atom. The van der Waals surface area contributed by atoms with Gasteiger partial charge in [0, 0.05) is 12.0 Å². The molecule has 24 heavy (non-hydrogen) atoms. The molecule has 0 saturated heterocycles. The van der Waals surface area contributed by atoms with Crippen molar-refractivity contribution in [3.8, 4) is 5.75 Å². The Labute approximate surface area is 148 Å². The Morgan fingerprint density at radius 3 is 2.79 bits per heavy atom. The number of para-hydroxylation sites is 1. The first kappa shape index (κ1) is 18.4. The molecule has 2 rings (SSSR count). The predicted molar refractivity (Wildman–Crippen MR) is 100 cm³/mol. The molecule has 5 nitrogen and oxygen atoms in total. The number of nitrogens with zero attached hydrogens (tertiary/aromatic N) is 3. The summed E-state index contributed by atoms with van der Waals surface area (Å²) >= 11 is 5.27. The highest BCUT2D eigenvalue weighted by molar-refractivity contribution is 7.71. The number of rotatable bonds is 10. The lowest BCUT2D eigenvalue weighted by atomic mass is 10.2. The fraction of sp³-hybridized carbons (Fsp3) is 0.500. The van der Waals surface area contributed by atoms with Crippen molar-refractivity contribution < 1.29 is 4.74 Å². The van der Waals surface area contributed by atoms with Gasteiger partial charge in [0.05, 0.1) is 12.8 Å². The minimum absolute atomic E-state index is 0.513. The maximum atomic E-state index is 5.88. The van der Waals surface area contributed by atoms with Crippen molar-refractivity contribution in [2.75, 3.05) is 6.61 Å². The average molecular weight is 347 g/mol. The van der Waals surface area contributed by atoms with Crippen molar-refractivity contribution in [3.05, 3.63) is 40.4 Å². The number of benzene rings is 1. The lowest BCUT2D eigenvalue weighted by Gasteiger charge is -2.08. The minimum atomic E-state index is 0.513. The summed E-state index contributed by atoms with van der Waals surface area (Å²) in [7, 11) is 0. The van der Waals surface area contributed by atoms with Gasteiger partial charge in [0.2, 0.25) is 4.77 Å². The molecule has 130 valence electrons. The van der Waals surface area contributed by atoms with Gasteiger partial charge in [-0.2, -0.15) is 14.9 Å². The summed E-state index contributed by atoms with van der Waals surface area (Å²) in [6.07, 6.45) is 8.25. The predicted octanol–water partition coefficient (Wildman–Crippen LogP) is 4.73. The molecule has 1 aromatic heterocycles. The van der Waals surface area contributed by atoms with Gasteiger partial charge in [-0.15, -0.1) is 0 Å². The van der Waals surface area contributed by atoms with Crippen molar-refractivity contribution in [3.63, 3.8) is 0 Å². The summed E-state index contributed by atoms with van der Waals surface area (Å²) in [6.45, 7) is 5.07. The Kier molecular flexibility index (Phi) is 7.68. The number of hydrogen-bond donors (Lipinski definition) is 1. The summed E-state index contributed by atoms with van der Waals surface area (Å²) in [4.78, 5) is 0. The van der Waals surface area contributed by atoms with Gasteiger partial charge >= 0.3 is 0 Å². The molecule has 0 saturated carbocycles. The third-order valence-corrected chi connectivity index (χ3v) is 3.97. The van der Waals surface area contributed by atoms with Crippen LogP contribution >= 0.6 is 12.2 Å². The molecule has 0 aliphatic carbocycles. The molecular formula is C18H26N4OS. The molecule has 0 unspecified atom stereocenters. The molecule has 0 aliphatic rings. The molecule has 0 spiro atoms. The second-order valence-electron chi connectivity index (χ2n) is 5.70. The fourth-order valence-corrected chi connectivity index (χ4v) is 2.51. The first-order valence-electron chi connectivity index (χ1n) is 8.68. The van der Waals surface area contributed by atoms with Crippen LogP contribution in [-0.4, -0.2) is 27.7 Å². The summed E-state index contributed by atoms with van der Waals surface area (Å²) in [5.41, 5.74) is 0.943. The van der Waals surface area contributed by atoms with Crippen LogP contribution in [0.5, 0.6) is 5.75 Å². The van der Waals surface area contributed by atoms with Crippen LogP contribution in [0.2, 0.25) is 0 Å². The number of aryl methyl sites for hydroxylation is 1. The third-order valence-electron chi connectivity index (χ3n) is 3.71. The summed E-state index contributed by atoms with van der Waals surface area (Å²) in [5, 5.41) is 11.6. The van der Waals surface area contributed by atoms with Crippen LogP contribution in [0.3, 0.4) is 0 Å². The van der Waals surface area contributed by atoms with E-state index >= 15 is 0 Å². The number of unbranched alkanes of at least 4 members (excludes halogenated alkanes) is 3. The molecule has 0 amide bonds. The van der Waals surface area contributed by atoms with E-state index in [0.717, 1.165) is 49.4 Å². The van der Waals surface area contributed by atoms with Gasteiger partial charge in [-0.1, -0.05) is 45.2 Å². The van der Waals surface area contributed by atoms with E-state index in [9.17, 15) is 0 Å². The van der Waals surface area contributed by atoms with E-state index in [-0.39, 0.29) is 0 Å². The van der Waals surface area contributed by atoms with Crippen molar-refractivity contribution in [1.82, 2.24) is 14.9 Å². The van der Waals surface area contributed by atoms with E-state index in [2.05, 4.69) is 29.1 Å². The van der Waals surface area contributed by atoms with Crippen LogP contribution in [0.4, 0.5) is 0 Å². The topological polar surface area (TPSA) is 55.2 Å². The molecule has 0 radical (unpaired) electrons. The maximum absolute atomic E-state index is 5.88. The average Bonchev–Trinajstić information content (AvgIpc) is 2.95. The minimum Gasteiger partial charge on any atom is -0.493 e. The summed E-state index contributed by atoms with van der Waals surface area (Å²) in [6, 6.07) is 7.92. The van der Waals surface area contributed by atoms with E-state index in [1.165, 1.54) is 12.8 Å². The second kappa shape index (κ2) is 10.0. The highest BCUT2D eigenvalue weighted by Crippen LogP contribution is 2.17. The van der Waals surface area contributed by atoms with Crippen LogP contribution in [0.25, 0.3) is 0 Å². The Hall–Kier alpha value is -1.95. The maximum Gasteiger partial charge on any atom is 0.216 e. The lowest BCUT2D eigenvalue weighted by molar-refractivity contribution is 0.306. The number of ether oxygens (including phenoxy) is 1. The monoisotopic (exact) mass is 346 g/mol. The SMILES string of the molecule is CCCCCOc1ccccc1/C=N/n1c(CCCC)n[nH]c1=S. The molecule has 6 heteroatoms. The third kappa shape index (κ3) is 5.30. The van der Waals surface area contributed by atoms with Crippen molar-refractivity contribution >= 4 is 18.4 Å². The van der Waals surface area contributed by atoms with Crippen LogP contribution in [0.1, 0.15) is 57.3 Å².